The first-order valence-electron chi connectivity index (χ1n) is 8.89. The van der Waals surface area contributed by atoms with Crippen LogP contribution in [0.25, 0.3) is 0 Å². The van der Waals surface area contributed by atoms with Crippen LogP contribution in [0.1, 0.15) is 30.9 Å². The standard InChI is InChI=1S/C19H28N4O3.HI/c1-5-17-16(18(6-2)26-23-17)13-22-19(20-3)21-10-11-25-15-9-7-8-14(12-15)24-4;/h7-9,12H,5-6,10-11,13H2,1-4H3,(H2,20,21,22);1H. The molecular weight excluding hydrogens is 459 g/mol. The summed E-state index contributed by atoms with van der Waals surface area (Å²) in [4.78, 5) is 4.24. The van der Waals surface area contributed by atoms with Gasteiger partial charge in [-0.25, -0.2) is 0 Å². The van der Waals surface area contributed by atoms with Crippen LogP contribution in [0.5, 0.6) is 11.5 Å². The number of halogens is 1. The summed E-state index contributed by atoms with van der Waals surface area (Å²) in [5, 5.41) is 10.7. The van der Waals surface area contributed by atoms with Crippen molar-refractivity contribution in [3.8, 4) is 11.5 Å². The number of methoxy groups -OCH3 is 1. The van der Waals surface area contributed by atoms with Crippen LogP contribution in [0.4, 0.5) is 0 Å². The fourth-order valence-corrected chi connectivity index (χ4v) is 2.56. The number of aryl methyl sites for hydroxylation is 2. The quantitative estimate of drug-likeness (QED) is 0.244. The molecule has 0 radical (unpaired) electrons. The molecule has 150 valence electrons. The third-order valence-electron chi connectivity index (χ3n) is 3.97. The summed E-state index contributed by atoms with van der Waals surface area (Å²) in [6.45, 7) is 5.91. The van der Waals surface area contributed by atoms with Crippen LogP contribution < -0.4 is 20.1 Å². The van der Waals surface area contributed by atoms with Gasteiger partial charge in [-0.1, -0.05) is 25.1 Å². The molecule has 27 heavy (non-hydrogen) atoms. The normalized spacial score (nSPS) is 10.9. The largest absolute Gasteiger partial charge is 0.497 e. The highest BCUT2D eigenvalue weighted by Gasteiger charge is 2.13. The van der Waals surface area contributed by atoms with Gasteiger partial charge in [0.15, 0.2) is 5.96 Å². The van der Waals surface area contributed by atoms with Crippen LogP contribution in [-0.4, -0.2) is 38.4 Å². The molecule has 1 heterocycles. The van der Waals surface area contributed by atoms with E-state index in [1.54, 1.807) is 14.2 Å². The van der Waals surface area contributed by atoms with Gasteiger partial charge in [0.25, 0.3) is 0 Å². The van der Waals surface area contributed by atoms with Gasteiger partial charge in [-0.3, -0.25) is 4.99 Å². The molecule has 8 heteroatoms. The fraction of sp³-hybridized carbons (Fsp3) is 0.474. The van der Waals surface area contributed by atoms with Gasteiger partial charge < -0.3 is 24.6 Å². The second-order valence-corrected chi connectivity index (χ2v) is 5.62. The summed E-state index contributed by atoms with van der Waals surface area (Å²) >= 11 is 0. The van der Waals surface area contributed by atoms with Crippen molar-refractivity contribution in [2.75, 3.05) is 27.3 Å². The number of nitrogens with one attached hydrogen (secondary N) is 2. The van der Waals surface area contributed by atoms with Crippen molar-refractivity contribution in [2.45, 2.75) is 33.2 Å². The van der Waals surface area contributed by atoms with Crippen molar-refractivity contribution in [1.29, 1.82) is 0 Å². The predicted octanol–water partition coefficient (Wildman–Crippen LogP) is 3.17. The molecule has 0 aliphatic carbocycles. The molecular formula is C19H29IN4O3. The molecule has 0 spiro atoms. The van der Waals surface area contributed by atoms with Gasteiger partial charge in [-0.05, 0) is 18.6 Å². The van der Waals surface area contributed by atoms with Crippen molar-refractivity contribution < 1.29 is 14.0 Å². The van der Waals surface area contributed by atoms with E-state index >= 15 is 0 Å². The van der Waals surface area contributed by atoms with Crippen LogP contribution >= 0.6 is 24.0 Å². The van der Waals surface area contributed by atoms with E-state index in [1.807, 2.05) is 24.3 Å². The Hall–Kier alpha value is -1.97. The first-order chi connectivity index (χ1) is 12.7. The third kappa shape index (κ3) is 6.93. The topological polar surface area (TPSA) is 80.9 Å². The molecule has 0 amide bonds. The summed E-state index contributed by atoms with van der Waals surface area (Å²) in [5.41, 5.74) is 2.11. The van der Waals surface area contributed by atoms with Gasteiger partial charge in [0.2, 0.25) is 0 Å². The second-order valence-electron chi connectivity index (χ2n) is 5.62. The highest BCUT2D eigenvalue weighted by Crippen LogP contribution is 2.18. The summed E-state index contributed by atoms with van der Waals surface area (Å²) in [6, 6.07) is 7.55. The summed E-state index contributed by atoms with van der Waals surface area (Å²) in [7, 11) is 3.38. The van der Waals surface area contributed by atoms with Gasteiger partial charge in [0, 0.05) is 31.6 Å². The van der Waals surface area contributed by atoms with Crippen molar-refractivity contribution in [1.82, 2.24) is 15.8 Å². The summed E-state index contributed by atoms with van der Waals surface area (Å²) in [6.07, 6.45) is 1.67. The Morgan fingerprint density at radius 2 is 1.96 bits per heavy atom. The molecule has 7 nitrogen and oxygen atoms in total. The van der Waals surface area contributed by atoms with Gasteiger partial charge in [0.05, 0.1) is 19.3 Å². The van der Waals surface area contributed by atoms with Crippen molar-refractivity contribution in [3.05, 3.63) is 41.3 Å². The number of hydrogen-bond acceptors (Lipinski definition) is 5. The minimum atomic E-state index is 0. The van der Waals surface area contributed by atoms with E-state index in [2.05, 4.69) is 34.6 Å². The first kappa shape index (κ1) is 23.1. The Bertz CT molecular complexity index is 697. The molecule has 0 saturated heterocycles. The molecule has 2 N–H and O–H groups in total. The average molecular weight is 488 g/mol. The van der Waals surface area contributed by atoms with E-state index in [9.17, 15) is 0 Å². The van der Waals surface area contributed by atoms with E-state index < -0.39 is 0 Å². The molecule has 0 saturated carbocycles. The van der Waals surface area contributed by atoms with E-state index in [4.69, 9.17) is 14.0 Å². The molecule has 0 fully saturated rings. The van der Waals surface area contributed by atoms with Crippen molar-refractivity contribution in [2.24, 2.45) is 4.99 Å². The summed E-state index contributed by atoms with van der Waals surface area (Å²) in [5.74, 6) is 3.19. The van der Waals surface area contributed by atoms with Crippen LogP contribution in [0.2, 0.25) is 0 Å². The van der Waals surface area contributed by atoms with E-state index in [1.165, 1.54) is 0 Å². The SMILES string of the molecule is CCc1noc(CC)c1CNC(=NC)NCCOc1cccc(OC)c1.I. The fourth-order valence-electron chi connectivity index (χ4n) is 2.56. The molecule has 0 bridgehead atoms. The lowest BCUT2D eigenvalue weighted by Crippen LogP contribution is -2.39. The van der Waals surface area contributed by atoms with E-state index in [0.717, 1.165) is 41.4 Å². The van der Waals surface area contributed by atoms with Crippen LogP contribution in [0.15, 0.2) is 33.8 Å². The minimum Gasteiger partial charge on any atom is -0.497 e. The molecule has 0 aliphatic rings. The monoisotopic (exact) mass is 488 g/mol. The zero-order valence-electron chi connectivity index (χ0n) is 16.4. The molecule has 2 rings (SSSR count). The van der Waals surface area contributed by atoms with Gasteiger partial charge in [-0.15, -0.1) is 24.0 Å². The third-order valence-corrected chi connectivity index (χ3v) is 3.97. The second kappa shape index (κ2) is 12.4. The lowest BCUT2D eigenvalue weighted by molar-refractivity contribution is 0.319. The Morgan fingerprint density at radius 3 is 2.63 bits per heavy atom. The number of rotatable bonds is 9. The van der Waals surface area contributed by atoms with Crippen LogP contribution in [0.3, 0.4) is 0 Å². The van der Waals surface area contributed by atoms with Crippen molar-refractivity contribution >= 4 is 29.9 Å². The maximum Gasteiger partial charge on any atom is 0.191 e. The van der Waals surface area contributed by atoms with Gasteiger partial charge >= 0.3 is 0 Å². The molecule has 1 aromatic heterocycles. The molecule has 0 unspecified atom stereocenters. The maximum atomic E-state index is 5.72. The Kier molecular flexibility index (Phi) is 10.6. The molecule has 0 aliphatic heterocycles. The lowest BCUT2D eigenvalue weighted by Gasteiger charge is -2.13. The average Bonchev–Trinajstić information content (AvgIpc) is 3.09. The number of ether oxygens (including phenoxy) is 2. The summed E-state index contributed by atoms with van der Waals surface area (Å²) < 4.78 is 16.3. The number of hydrogen-bond donors (Lipinski definition) is 2. The number of aromatic nitrogens is 1. The van der Waals surface area contributed by atoms with Crippen LogP contribution in [0, 0.1) is 0 Å². The number of guanidine groups is 1. The molecule has 1 aromatic carbocycles. The number of aliphatic imine (C=N–C) groups is 1. The van der Waals surface area contributed by atoms with Crippen molar-refractivity contribution in [3.63, 3.8) is 0 Å². The van der Waals surface area contributed by atoms with Gasteiger partial charge in [0.1, 0.15) is 23.9 Å². The zero-order valence-corrected chi connectivity index (χ0v) is 18.7. The first-order valence-corrected chi connectivity index (χ1v) is 8.89. The predicted molar refractivity (Wildman–Crippen MR) is 117 cm³/mol. The Labute approximate surface area is 177 Å². The highest BCUT2D eigenvalue weighted by atomic mass is 127. The zero-order chi connectivity index (χ0) is 18.8. The minimum absolute atomic E-state index is 0. The number of benzene rings is 1. The van der Waals surface area contributed by atoms with E-state index in [0.29, 0.717) is 25.7 Å². The molecule has 0 atom stereocenters. The number of nitrogens with zero attached hydrogens (tertiary/aromatic N) is 2. The van der Waals surface area contributed by atoms with Crippen LogP contribution in [-0.2, 0) is 19.4 Å². The van der Waals surface area contributed by atoms with Gasteiger partial charge in [-0.2, -0.15) is 0 Å². The smallest absolute Gasteiger partial charge is 0.191 e. The maximum absolute atomic E-state index is 5.72. The molecule has 2 aromatic rings. The Morgan fingerprint density at radius 1 is 1.19 bits per heavy atom. The lowest BCUT2D eigenvalue weighted by atomic mass is 10.1. The highest BCUT2D eigenvalue weighted by molar-refractivity contribution is 14.0. The van der Waals surface area contributed by atoms with E-state index in [-0.39, 0.29) is 24.0 Å². The Balaban J connectivity index is 0.00000364.